The van der Waals surface area contributed by atoms with Gasteiger partial charge in [-0.1, -0.05) is 17.3 Å². The van der Waals surface area contributed by atoms with E-state index in [9.17, 15) is 14.0 Å². The molecule has 1 amide bonds. The van der Waals surface area contributed by atoms with Gasteiger partial charge in [0.05, 0.1) is 5.92 Å². The Balaban J connectivity index is 1.46. The zero-order chi connectivity index (χ0) is 20.4. The number of piperidine rings is 1. The quantitative estimate of drug-likeness (QED) is 0.596. The molecule has 0 bridgehead atoms. The Kier molecular flexibility index (Phi) is 5.57. The first-order valence-corrected chi connectivity index (χ1v) is 10.0. The third kappa shape index (κ3) is 4.45. The van der Waals surface area contributed by atoms with Gasteiger partial charge in [0.15, 0.2) is 0 Å². The van der Waals surface area contributed by atoms with Gasteiger partial charge in [-0.25, -0.2) is 4.39 Å². The SMILES string of the molecule is O=C(Cn1cc(Br)ccc1=O)N1CCCC(c2nc(-c3cccc(F)c3)no2)C1. The van der Waals surface area contributed by atoms with Gasteiger partial charge in [-0.2, -0.15) is 4.98 Å². The number of amides is 1. The van der Waals surface area contributed by atoms with Crippen LogP contribution in [0.5, 0.6) is 0 Å². The van der Waals surface area contributed by atoms with Crippen molar-refractivity contribution in [3.63, 3.8) is 0 Å². The van der Waals surface area contributed by atoms with Crippen molar-refractivity contribution in [2.45, 2.75) is 25.3 Å². The number of hydrogen-bond donors (Lipinski definition) is 0. The second-order valence-corrected chi connectivity index (χ2v) is 7.87. The van der Waals surface area contributed by atoms with E-state index >= 15 is 0 Å². The molecule has 0 N–H and O–H groups in total. The molecule has 3 heterocycles. The minimum Gasteiger partial charge on any atom is -0.340 e. The lowest BCUT2D eigenvalue weighted by atomic mass is 9.98. The fraction of sp³-hybridized carbons (Fsp3) is 0.300. The molecule has 1 saturated heterocycles. The van der Waals surface area contributed by atoms with Crippen molar-refractivity contribution in [1.82, 2.24) is 19.6 Å². The van der Waals surface area contributed by atoms with Gasteiger partial charge in [-0.15, -0.1) is 0 Å². The summed E-state index contributed by atoms with van der Waals surface area (Å²) >= 11 is 3.31. The van der Waals surface area contributed by atoms with E-state index in [0.29, 0.717) is 30.4 Å². The molecular formula is C20H18BrFN4O3. The molecule has 2 aromatic heterocycles. The van der Waals surface area contributed by atoms with Gasteiger partial charge in [-0.05, 0) is 47.0 Å². The van der Waals surface area contributed by atoms with Crippen LogP contribution in [-0.2, 0) is 11.3 Å². The topological polar surface area (TPSA) is 81.2 Å². The number of benzene rings is 1. The van der Waals surface area contributed by atoms with Crippen LogP contribution in [0.1, 0.15) is 24.7 Å². The van der Waals surface area contributed by atoms with E-state index in [2.05, 4.69) is 26.1 Å². The number of halogens is 2. The van der Waals surface area contributed by atoms with Crippen LogP contribution in [-0.4, -0.2) is 38.6 Å². The van der Waals surface area contributed by atoms with Gasteiger partial charge < -0.3 is 14.0 Å². The Morgan fingerprint density at radius 1 is 1.31 bits per heavy atom. The highest BCUT2D eigenvalue weighted by atomic mass is 79.9. The maximum atomic E-state index is 13.4. The Bertz CT molecular complexity index is 1100. The normalized spacial score (nSPS) is 16.8. The van der Waals surface area contributed by atoms with Gasteiger partial charge in [0.1, 0.15) is 12.4 Å². The summed E-state index contributed by atoms with van der Waals surface area (Å²) in [5, 5.41) is 3.95. The summed E-state index contributed by atoms with van der Waals surface area (Å²) in [6, 6.07) is 9.07. The maximum Gasteiger partial charge on any atom is 0.251 e. The Morgan fingerprint density at radius 2 is 2.17 bits per heavy atom. The molecule has 1 aromatic carbocycles. The number of rotatable bonds is 4. The fourth-order valence-corrected chi connectivity index (χ4v) is 3.80. The van der Waals surface area contributed by atoms with Gasteiger partial charge in [0.25, 0.3) is 5.56 Å². The summed E-state index contributed by atoms with van der Waals surface area (Å²) in [6.45, 7) is 1.03. The van der Waals surface area contributed by atoms with E-state index < -0.39 is 0 Å². The van der Waals surface area contributed by atoms with Crippen LogP contribution >= 0.6 is 15.9 Å². The molecule has 1 aliphatic heterocycles. The van der Waals surface area contributed by atoms with E-state index in [0.717, 1.165) is 17.3 Å². The molecule has 9 heteroatoms. The highest BCUT2D eigenvalue weighted by Crippen LogP contribution is 2.28. The molecule has 3 aromatic rings. The predicted molar refractivity (Wildman–Crippen MR) is 107 cm³/mol. The number of carbonyl (C=O) groups excluding carboxylic acids is 1. The second-order valence-electron chi connectivity index (χ2n) is 6.96. The molecule has 0 radical (unpaired) electrons. The molecule has 4 rings (SSSR count). The summed E-state index contributed by atoms with van der Waals surface area (Å²) in [4.78, 5) is 30.8. The number of likely N-dealkylation sites (tertiary alicyclic amines) is 1. The van der Waals surface area contributed by atoms with Crippen LogP contribution < -0.4 is 5.56 Å². The van der Waals surface area contributed by atoms with Crippen molar-refractivity contribution in [3.8, 4) is 11.4 Å². The van der Waals surface area contributed by atoms with Gasteiger partial charge in [-0.3, -0.25) is 9.59 Å². The highest BCUT2D eigenvalue weighted by Gasteiger charge is 2.29. The van der Waals surface area contributed by atoms with Crippen LogP contribution in [0.25, 0.3) is 11.4 Å². The lowest BCUT2D eigenvalue weighted by molar-refractivity contribution is -0.133. The Morgan fingerprint density at radius 3 is 3.00 bits per heavy atom. The van der Waals surface area contributed by atoms with Crippen LogP contribution in [0, 0.1) is 5.82 Å². The first-order chi connectivity index (χ1) is 14.0. The lowest BCUT2D eigenvalue weighted by Gasteiger charge is -2.31. The van der Waals surface area contributed by atoms with Crippen molar-refractivity contribution in [3.05, 3.63) is 69.1 Å². The van der Waals surface area contributed by atoms with Crippen molar-refractivity contribution in [1.29, 1.82) is 0 Å². The first-order valence-electron chi connectivity index (χ1n) is 9.23. The van der Waals surface area contributed by atoms with Crippen LogP contribution in [0.2, 0.25) is 0 Å². The van der Waals surface area contributed by atoms with E-state index in [-0.39, 0.29) is 29.7 Å². The van der Waals surface area contributed by atoms with Crippen molar-refractivity contribution < 1.29 is 13.7 Å². The smallest absolute Gasteiger partial charge is 0.251 e. The summed E-state index contributed by atoms with van der Waals surface area (Å²) in [7, 11) is 0. The molecule has 1 aliphatic rings. The lowest BCUT2D eigenvalue weighted by Crippen LogP contribution is -2.42. The minimum atomic E-state index is -0.369. The van der Waals surface area contributed by atoms with Crippen LogP contribution in [0.15, 0.2) is 56.4 Å². The average Bonchev–Trinajstić information content (AvgIpc) is 3.21. The van der Waals surface area contributed by atoms with Crippen molar-refractivity contribution in [2.75, 3.05) is 13.1 Å². The number of hydrogen-bond acceptors (Lipinski definition) is 5. The molecule has 0 aliphatic carbocycles. The summed E-state index contributed by atoms with van der Waals surface area (Å²) in [5.74, 6) is 0.151. The van der Waals surface area contributed by atoms with E-state index in [1.54, 1.807) is 29.3 Å². The minimum absolute atomic E-state index is 0.0244. The third-order valence-corrected chi connectivity index (χ3v) is 5.37. The third-order valence-electron chi connectivity index (χ3n) is 4.90. The predicted octanol–water partition coefficient (Wildman–Crippen LogP) is 3.21. The number of aromatic nitrogens is 3. The van der Waals surface area contributed by atoms with E-state index in [1.807, 2.05) is 0 Å². The first kappa shape index (κ1) is 19.5. The highest BCUT2D eigenvalue weighted by molar-refractivity contribution is 9.10. The van der Waals surface area contributed by atoms with Gasteiger partial charge in [0, 0.05) is 35.4 Å². The number of nitrogens with zero attached hydrogens (tertiary/aromatic N) is 4. The Hall–Kier alpha value is -2.81. The maximum absolute atomic E-state index is 13.4. The molecule has 7 nitrogen and oxygen atoms in total. The van der Waals surface area contributed by atoms with E-state index in [1.165, 1.54) is 22.8 Å². The fourth-order valence-electron chi connectivity index (χ4n) is 3.42. The second kappa shape index (κ2) is 8.28. The van der Waals surface area contributed by atoms with Gasteiger partial charge in [0.2, 0.25) is 17.6 Å². The number of pyridine rings is 1. The molecule has 0 spiro atoms. The monoisotopic (exact) mass is 460 g/mol. The molecule has 150 valence electrons. The molecular weight excluding hydrogens is 443 g/mol. The zero-order valence-electron chi connectivity index (χ0n) is 15.4. The molecule has 29 heavy (non-hydrogen) atoms. The van der Waals surface area contributed by atoms with Crippen molar-refractivity contribution in [2.24, 2.45) is 0 Å². The Labute approximate surface area is 174 Å². The van der Waals surface area contributed by atoms with Gasteiger partial charge >= 0.3 is 0 Å². The summed E-state index contributed by atoms with van der Waals surface area (Å²) in [6.07, 6.45) is 3.21. The van der Waals surface area contributed by atoms with Crippen LogP contribution in [0.3, 0.4) is 0 Å². The standard InChI is InChI=1S/C20H18BrFN4O3/c21-15-6-7-17(27)26(11-15)12-18(28)25-8-2-4-14(10-25)20-23-19(24-29-20)13-3-1-5-16(22)9-13/h1,3,5-7,9,11,14H,2,4,8,10,12H2. The number of carbonyl (C=O) groups is 1. The largest absolute Gasteiger partial charge is 0.340 e. The van der Waals surface area contributed by atoms with Crippen LogP contribution in [0.4, 0.5) is 4.39 Å². The molecule has 1 atom stereocenters. The molecule has 0 saturated carbocycles. The summed E-state index contributed by atoms with van der Waals surface area (Å²) in [5.41, 5.74) is 0.310. The summed E-state index contributed by atoms with van der Waals surface area (Å²) < 4.78 is 20.9. The van der Waals surface area contributed by atoms with Crippen molar-refractivity contribution >= 4 is 21.8 Å². The zero-order valence-corrected chi connectivity index (χ0v) is 17.0. The van der Waals surface area contributed by atoms with E-state index in [4.69, 9.17) is 4.52 Å². The molecule has 1 fully saturated rings. The average molecular weight is 461 g/mol. The molecule has 1 unspecified atom stereocenters.